The van der Waals surface area contributed by atoms with Crippen LogP contribution in [0.2, 0.25) is 0 Å². The summed E-state index contributed by atoms with van der Waals surface area (Å²) in [6, 6.07) is 8.96. The number of rotatable bonds is 4. The van der Waals surface area contributed by atoms with E-state index in [9.17, 15) is 0 Å². The maximum atomic E-state index is 2.31. The third-order valence-electron chi connectivity index (χ3n) is 3.67. The van der Waals surface area contributed by atoms with Crippen LogP contribution < -0.4 is 0 Å². The van der Waals surface area contributed by atoms with Crippen molar-refractivity contribution < 1.29 is 0 Å². The molecule has 1 aromatic rings. The summed E-state index contributed by atoms with van der Waals surface area (Å²) in [6.45, 7) is 3.92. The van der Waals surface area contributed by atoms with Crippen molar-refractivity contribution in [3.05, 3.63) is 60.2 Å². The van der Waals surface area contributed by atoms with Gasteiger partial charge in [0.05, 0.1) is 13.3 Å². The summed E-state index contributed by atoms with van der Waals surface area (Å²) in [5.74, 6) is 0. The van der Waals surface area contributed by atoms with E-state index in [1.165, 1.54) is 11.1 Å². The van der Waals surface area contributed by atoms with Crippen LogP contribution in [-0.4, -0.2) is 47.0 Å². The van der Waals surface area contributed by atoms with Crippen LogP contribution in [0.25, 0.3) is 0 Å². The maximum absolute atomic E-state index is 2.31. The van der Waals surface area contributed by atoms with E-state index in [2.05, 4.69) is 82.8 Å². The second-order valence-electron chi connectivity index (χ2n) is 5.70. The van der Waals surface area contributed by atoms with Crippen LogP contribution >= 0.6 is 0 Å². The molecule has 0 saturated carbocycles. The molecule has 20 heavy (non-hydrogen) atoms. The Balaban J connectivity index is 1.55. The molecule has 0 amide bonds. The number of hydrogen-bond donors (Lipinski definition) is 0. The van der Waals surface area contributed by atoms with Gasteiger partial charge in [0.2, 0.25) is 0 Å². The first-order valence-electron chi connectivity index (χ1n) is 7.02. The van der Waals surface area contributed by atoms with E-state index in [0.717, 1.165) is 26.4 Å². The Kier molecular flexibility index (Phi) is 3.54. The predicted octanol–water partition coefficient (Wildman–Crippen LogP) is 2.04. The van der Waals surface area contributed by atoms with E-state index in [1.54, 1.807) is 0 Å². The normalized spacial score (nSPS) is 17.7. The van der Waals surface area contributed by atoms with Gasteiger partial charge in [-0.2, -0.15) is 0 Å². The lowest BCUT2D eigenvalue weighted by atomic mass is 10.1. The van der Waals surface area contributed by atoms with Gasteiger partial charge in [-0.05, 0) is 11.1 Å². The first-order valence-corrected chi connectivity index (χ1v) is 7.02. The van der Waals surface area contributed by atoms with E-state index in [0.29, 0.717) is 0 Å². The number of benzene rings is 1. The molecule has 106 valence electrons. The van der Waals surface area contributed by atoms with Gasteiger partial charge >= 0.3 is 0 Å². The highest BCUT2D eigenvalue weighted by Gasteiger charge is 2.10. The van der Waals surface area contributed by atoms with Crippen molar-refractivity contribution in [3.8, 4) is 0 Å². The van der Waals surface area contributed by atoms with Crippen LogP contribution in [0.4, 0.5) is 0 Å². The summed E-state index contributed by atoms with van der Waals surface area (Å²) in [7, 11) is 4.19. The third kappa shape index (κ3) is 3.07. The molecule has 0 aromatic heterocycles. The Morgan fingerprint density at radius 2 is 1.10 bits per heavy atom. The van der Waals surface area contributed by atoms with Crippen LogP contribution in [0.1, 0.15) is 11.1 Å². The molecule has 0 unspecified atom stereocenters. The molecular weight excluding hydrogens is 248 g/mol. The Hall–Kier alpha value is -2.10. The summed E-state index contributed by atoms with van der Waals surface area (Å²) >= 11 is 0. The van der Waals surface area contributed by atoms with Gasteiger partial charge in [-0.25, -0.2) is 0 Å². The van der Waals surface area contributed by atoms with Crippen molar-refractivity contribution in [2.24, 2.45) is 0 Å². The van der Waals surface area contributed by atoms with Gasteiger partial charge in [0.1, 0.15) is 0 Å². The average Bonchev–Trinajstić information content (AvgIpc) is 3.01. The molecule has 0 spiro atoms. The Labute approximate surface area is 121 Å². The lowest BCUT2D eigenvalue weighted by Gasteiger charge is -2.19. The van der Waals surface area contributed by atoms with Crippen LogP contribution in [0.3, 0.4) is 0 Å². The fourth-order valence-electron chi connectivity index (χ4n) is 2.60. The Bertz CT molecular complexity index is 459. The van der Waals surface area contributed by atoms with Crippen molar-refractivity contribution >= 4 is 0 Å². The molecule has 0 aliphatic carbocycles. The summed E-state index contributed by atoms with van der Waals surface area (Å²) in [6.07, 6.45) is 8.53. The SMILES string of the molecule is CN1C=CN(Cc2ccc(CN3C=CN(C)C3)cc2)C1. The standard InChI is InChI=1S/C16H22N4/c1-17-7-9-19(13-17)11-15-3-5-16(6-4-15)12-20-10-8-18(2)14-20/h3-10H,11-14H2,1-2H3. The molecule has 4 nitrogen and oxygen atoms in total. The quantitative estimate of drug-likeness (QED) is 0.830. The lowest BCUT2D eigenvalue weighted by Crippen LogP contribution is -2.22. The predicted molar refractivity (Wildman–Crippen MR) is 81.1 cm³/mol. The fraction of sp³-hybridized carbons (Fsp3) is 0.375. The molecule has 0 radical (unpaired) electrons. The van der Waals surface area contributed by atoms with Crippen molar-refractivity contribution in [2.75, 3.05) is 27.4 Å². The largest absolute Gasteiger partial charge is 0.362 e. The second kappa shape index (κ2) is 5.49. The van der Waals surface area contributed by atoms with Crippen LogP contribution in [0, 0.1) is 0 Å². The Morgan fingerprint density at radius 3 is 1.40 bits per heavy atom. The van der Waals surface area contributed by atoms with E-state index >= 15 is 0 Å². The zero-order chi connectivity index (χ0) is 13.9. The van der Waals surface area contributed by atoms with Crippen molar-refractivity contribution in [1.82, 2.24) is 19.6 Å². The number of nitrogens with zero attached hydrogens (tertiary/aromatic N) is 4. The molecule has 0 bridgehead atoms. The third-order valence-corrected chi connectivity index (χ3v) is 3.67. The topological polar surface area (TPSA) is 13.0 Å². The van der Waals surface area contributed by atoms with E-state index in [-0.39, 0.29) is 0 Å². The molecule has 2 aliphatic heterocycles. The molecule has 0 saturated heterocycles. The zero-order valence-electron chi connectivity index (χ0n) is 12.2. The molecule has 0 N–H and O–H groups in total. The first kappa shape index (κ1) is 12.9. The fourth-order valence-corrected chi connectivity index (χ4v) is 2.60. The van der Waals surface area contributed by atoms with Gasteiger partial charge in [0.25, 0.3) is 0 Å². The van der Waals surface area contributed by atoms with Gasteiger partial charge in [-0.3, -0.25) is 0 Å². The van der Waals surface area contributed by atoms with Gasteiger partial charge in [-0.1, -0.05) is 24.3 Å². The summed E-state index contributed by atoms with van der Waals surface area (Å²) < 4.78 is 0. The summed E-state index contributed by atoms with van der Waals surface area (Å²) in [4.78, 5) is 9.00. The molecule has 0 fully saturated rings. The highest BCUT2D eigenvalue weighted by molar-refractivity contribution is 5.23. The van der Waals surface area contributed by atoms with Crippen LogP contribution in [-0.2, 0) is 13.1 Å². The first-order chi connectivity index (χ1) is 9.69. The molecule has 2 heterocycles. The molecule has 0 atom stereocenters. The summed E-state index contributed by atoms with van der Waals surface area (Å²) in [5.41, 5.74) is 2.73. The second-order valence-corrected chi connectivity index (χ2v) is 5.70. The number of hydrogen-bond acceptors (Lipinski definition) is 4. The molecule has 3 rings (SSSR count). The highest BCUT2D eigenvalue weighted by Crippen LogP contribution is 2.14. The average molecular weight is 270 g/mol. The minimum absolute atomic E-state index is 0.979. The maximum Gasteiger partial charge on any atom is 0.0894 e. The molecule has 1 aromatic carbocycles. The van der Waals surface area contributed by atoms with Crippen LogP contribution in [0.15, 0.2) is 49.1 Å². The zero-order valence-corrected chi connectivity index (χ0v) is 12.2. The summed E-state index contributed by atoms with van der Waals surface area (Å²) in [5, 5.41) is 0. The molecular formula is C16H22N4. The van der Waals surface area contributed by atoms with E-state index < -0.39 is 0 Å². The smallest absolute Gasteiger partial charge is 0.0894 e. The highest BCUT2D eigenvalue weighted by atomic mass is 15.3. The van der Waals surface area contributed by atoms with Gasteiger partial charge < -0.3 is 19.6 Å². The molecule has 2 aliphatic rings. The molecule has 4 heteroatoms. The van der Waals surface area contributed by atoms with Gasteiger partial charge in [0, 0.05) is 52.0 Å². The van der Waals surface area contributed by atoms with Crippen molar-refractivity contribution in [1.29, 1.82) is 0 Å². The van der Waals surface area contributed by atoms with Gasteiger partial charge in [-0.15, -0.1) is 0 Å². The van der Waals surface area contributed by atoms with E-state index in [4.69, 9.17) is 0 Å². The van der Waals surface area contributed by atoms with Crippen molar-refractivity contribution in [2.45, 2.75) is 13.1 Å². The van der Waals surface area contributed by atoms with Crippen LogP contribution in [0.5, 0.6) is 0 Å². The lowest BCUT2D eigenvalue weighted by molar-refractivity contribution is 0.289. The minimum atomic E-state index is 0.979. The monoisotopic (exact) mass is 270 g/mol. The van der Waals surface area contributed by atoms with Gasteiger partial charge in [0.15, 0.2) is 0 Å². The minimum Gasteiger partial charge on any atom is -0.362 e. The Morgan fingerprint density at radius 1 is 0.700 bits per heavy atom. The van der Waals surface area contributed by atoms with Crippen molar-refractivity contribution in [3.63, 3.8) is 0 Å². The van der Waals surface area contributed by atoms with E-state index in [1.807, 2.05) is 0 Å².